The van der Waals surface area contributed by atoms with Crippen LogP contribution in [-0.2, 0) is 0 Å². The number of hydrogen-bond acceptors (Lipinski definition) is 4. The number of imidazole rings is 1. The lowest BCUT2D eigenvalue weighted by molar-refractivity contribution is 0.202. The standard InChI is InChI=1S/C35H37N3O2/c1-39-30-15-11-27(12-16-30)32-8-2-3-9-33(32)28-19-23-37(24-20-28)21-6-7-25-40-31-17-13-29(14-18-31)34-26-38-22-5-4-10-35(38)36-34/h2-5,8-18,22,26,28H,6-7,19-21,23-25H2,1H3. The van der Waals surface area contributed by atoms with E-state index in [1.54, 1.807) is 7.11 Å². The highest BCUT2D eigenvalue weighted by atomic mass is 16.5. The third-order valence-corrected chi connectivity index (χ3v) is 8.04. The molecule has 0 bridgehead atoms. The molecule has 40 heavy (non-hydrogen) atoms. The summed E-state index contributed by atoms with van der Waals surface area (Å²) in [4.78, 5) is 7.32. The number of aromatic nitrogens is 2. The minimum Gasteiger partial charge on any atom is -0.497 e. The van der Waals surface area contributed by atoms with Gasteiger partial charge < -0.3 is 18.8 Å². The Balaban J connectivity index is 0.937. The van der Waals surface area contributed by atoms with Gasteiger partial charge in [-0.2, -0.15) is 0 Å². The zero-order chi connectivity index (χ0) is 27.1. The Morgan fingerprint density at radius 3 is 2.27 bits per heavy atom. The van der Waals surface area contributed by atoms with Gasteiger partial charge in [0.25, 0.3) is 0 Å². The molecule has 2 aromatic heterocycles. The summed E-state index contributed by atoms with van der Waals surface area (Å²) < 4.78 is 13.4. The molecular weight excluding hydrogens is 494 g/mol. The number of nitrogens with zero attached hydrogens (tertiary/aromatic N) is 3. The number of benzene rings is 3. The molecular formula is C35H37N3O2. The molecule has 5 aromatic rings. The van der Waals surface area contributed by atoms with Crippen molar-refractivity contribution >= 4 is 5.65 Å². The van der Waals surface area contributed by atoms with Crippen molar-refractivity contribution in [3.05, 3.63) is 109 Å². The fraction of sp³-hybridized carbons (Fsp3) is 0.286. The summed E-state index contributed by atoms with van der Waals surface area (Å²) in [6.07, 6.45) is 8.73. The van der Waals surface area contributed by atoms with Crippen molar-refractivity contribution in [2.75, 3.05) is 33.4 Å². The van der Waals surface area contributed by atoms with E-state index in [4.69, 9.17) is 14.5 Å². The summed E-state index contributed by atoms with van der Waals surface area (Å²) in [6, 6.07) is 31.7. The highest BCUT2D eigenvalue weighted by Gasteiger charge is 2.22. The minimum atomic E-state index is 0.612. The zero-order valence-corrected chi connectivity index (χ0v) is 23.2. The molecule has 0 N–H and O–H groups in total. The van der Waals surface area contributed by atoms with Crippen molar-refractivity contribution in [2.24, 2.45) is 0 Å². The second kappa shape index (κ2) is 12.4. The van der Waals surface area contributed by atoms with Gasteiger partial charge in [0, 0.05) is 18.0 Å². The van der Waals surface area contributed by atoms with Crippen LogP contribution in [-0.4, -0.2) is 47.6 Å². The molecule has 0 amide bonds. The van der Waals surface area contributed by atoms with Crippen molar-refractivity contribution in [1.29, 1.82) is 0 Å². The number of likely N-dealkylation sites (tertiary alicyclic amines) is 1. The maximum absolute atomic E-state index is 6.04. The Morgan fingerprint density at radius 2 is 1.50 bits per heavy atom. The van der Waals surface area contributed by atoms with Crippen molar-refractivity contribution in [1.82, 2.24) is 14.3 Å². The van der Waals surface area contributed by atoms with Crippen LogP contribution in [0.25, 0.3) is 28.0 Å². The highest BCUT2D eigenvalue weighted by molar-refractivity contribution is 5.69. The van der Waals surface area contributed by atoms with E-state index < -0.39 is 0 Å². The van der Waals surface area contributed by atoms with Gasteiger partial charge in [0.2, 0.25) is 0 Å². The molecule has 204 valence electrons. The monoisotopic (exact) mass is 531 g/mol. The van der Waals surface area contributed by atoms with Gasteiger partial charge in [0.05, 0.1) is 19.4 Å². The Labute approximate surface area is 237 Å². The number of ether oxygens (including phenoxy) is 2. The lowest BCUT2D eigenvalue weighted by Gasteiger charge is -2.33. The number of pyridine rings is 1. The van der Waals surface area contributed by atoms with E-state index in [0.717, 1.165) is 67.5 Å². The summed E-state index contributed by atoms with van der Waals surface area (Å²) in [5.74, 6) is 2.43. The molecule has 0 radical (unpaired) electrons. The fourth-order valence-electron chi connectivity index (χ4n) is 5.78. The average molecular weight is 532 g/mol. The van der Waals surface area contributed by atoms with Gasteiger partial charge in [-0.25, -0.2) is 4.98 Å². The van der Waals surface area contributed by atoms with E-state index in [9.17, 15) is 0 Å². The number of piperidine rings is 1. The predicted octanol–water partition coefficient (Wildman–Crippen LogP) is 7.72. The molecule has 1 fully saturated rings. The Bertz CT molecular complexity index is 1480. The molecule has 1 saturated heterocycles. The molecule has 5 heteroatoms. The van der Waals surface area contributed by atoms with Crippen LogP contribution < -0.4 is 9.47 Å². The summed E-state index contributed by atoms with van der Waals surface area (Å²) in [5.41, 5.74) is 7.14. The van der Waals surface area contributed by atoms with Crippen LogP contribution in [0, 0.1) is 0 Å². The van der Waals surface area contributed by atoms with Gasteiger partial charge >= 0.3 is 0 Å². The third kappa shape index (κ3) is 6.05. The van der Waals surface area contributed by atoms with E-state index in [-0.39, 0.29) is 0 Å². The van der Waals surface area contributed by atoms with E-state index in [1.807, 2.05) is 40.9 Å². The Morgan fingerprint density at radius 1 is 0.775 bits per heavy atom. The number of unbranched alkanes of at least 4 members (excludes halogenated alkanes) is 1. The smallest absolute Gasteiger partial charge is 0.137 e. The summed E-state index contributed by atoms with van der Waals surface area (Å²) in [7, 11) is 1.72. The van der Waals surface area contributed by atoms with Crippen LogP contribution in [0.5, 0.6) is 11.5 Å². The largest absolute Gasteiger partial charge is 0.497 e. The van der Waals surface area contributed by atoms with Crippen molar-refractivity contribution in [2.45, 2.75) is 31.6 Å². The zero-order valence-electron chi connectivity index (χ0n) is 23.2. The predicted molar refractivity (Wildman–Crippen MR) is 162 cm³/mol. The van der Waals surface area contributed by atoms with Gasteiger partial charge in [0.15, 0.2) is 0 Å². The summed E-state index contributed by atoms with van der Waals surface area (Å²) in [6.45, 7) is 4.21. The van der Waals surface area contributed by atoms with Gasteiger partial charge in [-0.05, 0) is 116 Å². The molecule has 3 heterocycles. The van der Waals surface area contributed by atoms with Gasteiger partial charge in [0.1, 0.15) is 17.1 Å². The molecule has 0 saturated carbocycles. The number of fused-ring (bicyclic) bond motifs is 1. The van der Waals surface area contributed by atoms with Gasteiger partial charge in [-0.15, -0.1) is 0 Å². The summed E-state index contributed by atoms with van der Waals surface area (Å²) in [5, 5.41) is 0. The maximum Gasteiger partial charge on any atom is 0.137 e. The van der Waals surface area contributed by atoms with Crippen LogP contribution in [0.2, 0.25) is 0 Å². The average Bonchev–Trinajstić information content (AvgIpc) is 3.46. The van der Waals surface area contributed by atoms with Crippen LogP contribution >= 0.6 is 0 Å². The lowest BCUT2D eigenvalue weighted by Crippen LogP contribution is -2.34. The molecule has 5 nitrogen and oxygen atoms in total. The molecule has 1 aliphatic heterocycles. The first kappa shape index (κ1) is 26.1. The molecule has 0 aliphatic carbocycles. The van der Waals surface area contributed by atoms with Crippen molar-refractivity contribution < 1.29 is 9.47 Å². The van der Waals surface area contributed by atoms with Crippen LogP contribution in [0.1, 0.15) is 37.2 Å². The molecule has 3 aromatic carbocycles. The van der Waals surface area contributed by atoms with E-state index in [2.05, 4.69) is 71.8 Å². The first-order valence-corrected chi connectivity index (χ1v) is 14.4. The Kier molecular flexibility index (Phi) is 8.10. The van der Waals surface area contributed by atoms with Crippen LogP contribution in [0.3, 0.4) is 0 Å². The highest BCUT2D eigenvalue weighted by Crippen LogP contribution is 2.36. The molecule has 6 rings (SSSR count). The second-order valence-corrected chi connectivity index (χ2v) is 10.6. The number of methoxy groups -OCH3 is 1. The molecule has 0 unspecified atom stereocenters. The second-order valence-electron chi connectivity index (χ2n) is 10.6. The molecule has 0 atom stereocenters. The van der Waals surface area contributed by atoms with Crippen LogP contribution in [0.4, 0.5) is 0 Å². The summed E-state index contributed by atoms with van der Waals surface area (Å²) >= 11 is 0. The van der Waals surface area contributed by atoms with E-state index in [0.29, 0.717) is 5.92 Å². The van der Waals surface area contributed by atoms with Gasteiger partial charge in [-0.1, -0.05) is 42.5 Å². The minimum absolute atomic E-state index is 0.612. The quantitative estimate of drug-likeness (QED) is 0.173. The lowest BCUT2D eigenvalue weighted by atomic mass is 9.84. The normalized spacial score (nSPS) is 14.4. The maximum atomic E-state index is 6.04. The van der Waals surface area contributed by atoms with Crippen molar-refractivity contribution in [3.63, 3.8) is 0 Å². The Hall–Kier alpha value is -4.09. The number of hydrogen-bond donors (Lipinski definition) is 0. The fourth-order valence-corrected chi connectivity index (χ4v) is 5.78. The van der Waals surface area contributed by atoms with E-state index in [1.165, 1.54) is 29.5 Å². The molecule has 0 spiro atoms. The first-order valence-electron chi connectivity index (χ1n) is 14.4. The van der Waals surface area contributed by atoms with E-state index >= 15 is 0 Å². The third-order valence-electron chi connectivity index (χ3n) is 8.04. The number of rotatable bonds is 10. The SMILES string of the molecule is COc1ccc(-c2ccccc2C2CCN(CCCCOc3ccc(-c4cn5ccccc5n4)cc3)CC2)cc1. The molecule has 1 aliphatic rings. The van der Waals surface area contributed by atoms with Crippen LogP contribution in [0.15, 0.2) is 103 Å². The first-order chi connectivity index (χ1) is 19.8. The van der Waals surface area contributed by atoms with Gasteiger partial charge in [-0.3, -0.25) is 0 Å². The van der Waals surface area contributed by atoms with Crippen molar-refractivity contribution in [3.8, 4) is 33.9 Å². The topological polar surface area (TPSA) is 39.0 Å².